The van der Waals surface area contributed by atoms with Crippen LogP contribution in [0.25, 0.3) is 11.1 Å². The molecule has 0 spiro atoms. The molecule has 4 atom stereocenters. The molecule has 5 N–H and O–H groups in total. The van der Waals surface area contributed by atoms with Gasteiger partial charge in [0.1, 0.15) is 12.6 Å². The van der Waals surface area contributed by atoms with Crippen LogP contribution in [0, 0.1) is 5.92 Å². The summed E-state index contributed by atoms with van der Waals surface area (Å²) < 4.78 is 5.63. The molecule has 41 heavy (non-hydrogen) atoms. The number of aliphatic hydroxyl groups excluding tert-OH is 1. The van der Waals surface area contributed by atoms with Crippen LogP contribution >= 0.6 is 0 Å². The van der Waals surface area contributed by atoms with Gasteiger partial charge in [-0.15, -0.1) is 0 Å². The molecule has 2 aromatic rings. The molecule has 1 saturated heterocycles. The van der Waals surface area contributed by atoms with Crippen LogP contribution in [0.15, 0.2) is 48.5 Å². The highest BCUT2D eigenvalue weighted by atomic mass is 16.5. The summed E-state index contributed by atoms with van der Waals surface area (Å²) in [7, 11) is 0. The molecule has 0 radical (unpaired) electrons. The van der Waals surface area contributed by atoms with Crippen LogP contribution in [0.3, 0.4) is 0 Å². The van der Waals surface area contributed by atoms with Crippen LogP contribution in [0.2, 0.25) is 0 Å². The lowest BCUT2D eigenvalue weighted by molar-refractivity contribution is -0.134. The van der Waals surface area contributed by atoms with Crippen molar-refractivity contribution in [2.45, 2.75) is 75.6 Å². The van der Waals surface area contributed by atoms with E-state index in [1.165, 1.54) is 0 Å². The molecule has 2 fully saturated rings. The van der Waals surface area contributed by atoms with Crippen molar-refractivity contribution in [2.75, 3.05) is 13.2 Å². The highest BCUT2D eigenvalue weighted by Gasteiger charge is 2.37. The summed E-state index contributed by atoms with van der Waals surface area (Å²) in [5.41, 5.74) is 4.40. The first-order valence-electron chi connectivity index (χ1n) is 14.5. The first-order chi connectivity index (χ1) is 19.9. The van der Waals surface area contributed by atoms with Gasteiger partial charge in [0.2, 0.25) is 11.8 Å². The number of amides is 4. The van der Waals surface area contributed by atoms with E-state index in [-0.39, 0.29) is 30.9 Å². The number of fused-ring (bicyclic) bond motifs is 3. The lowest BCUT2D eigenvalue weighted by atomic mass is 9.94. The third-order valence-electron chi connectivity index (χ3n) is 8.13. The van der Waals surface area contributed by atoms with E-state index in [2.05, 4.69) is 33.4 Å². The number of hydrogen-bond acceptors (Lipinski definition) is 6. The molecule has 218 valence electrons. The Hall–Kier alpha value is -3.92. The van der Waals surface area contributed by atoms with E-state index in [9.17, 15) is 24.3 Å². The molecule has 3 aliphatic rings. The largest absolute Gasteiger partial charge is 0.449 e. The van der Waals surface area contributed by atoms with E-state index < -0.39 is 42.0 Å². The molecule has 0 aromatic heterocycles. The molecule has 2 aliphatic carbocycles. The summed E-state index contributed by atoms with van der Waals surface area (Å²) in [6.07, 6.45) is 1.05. The van der Waals surface area contributed by atoms with Crippen LogP contribution in [-0.2, 0) is 19.1 Å². The van der Waals surface area contributed by atoms with Gasteiger partial charge in [-0.25, -0.2) is 4.79 Å². The van der Waals surface area contributed by atoms with Gasteiger partial charge in [-0.1, -0.05) is 61.9 Å². The maximum Gasteiger partial charge on any atom is 0.407 e. The van der Waals surface area contributed by atoms with Crippen molar-refractivity contribution >= 4 is 23.8 Å². The number of ether oxygens (including phenoxy) is 1. The number of hydrogen-bond donors (Lipinski definition) is 5. The predicted octanol–water partition coefficient (Wildman–Crippen LogP) is 2.34. The maximum absolute atomic E-state index is 13.4. The van der Waals surface area contributed by atoms with E-state index in [4.69, 9.17) is 4.74 Å². The average Bonchev–Trinajstić information content (AvgIpc) is 3.61. The Balaban J connectivity index is 1.22. The first-order valence-corrected chi connectivity index (χ1v) is 14.5. The molecule has 1 heterocycles. The molecule has 1 unspecified atom stereocenters. The lowest BCUT2D eigenvalue weighted by Gasteiger charge is -2.27. The minimum Gasteiger partial charge on any atom is -0.449 e. The first kappa shape index (κ1) is 28.6. The summed E-state index contributed by atoms with van der Waals surface area (Å²) in [5, 5.41) is 21.8. The van der Waals surface area contributed by atoms with Crippen molar-refractivity contribution < 1.29 is 29.0 Å². The van der Waals surface area contributed by atoms with E-state index in [0.717, 1.165) is 35.1 Å². The highest BCUT2D eigenvalue weighted by molar-refractivity contribution is 5.88. The zero-order chi connectivity index (χ0) is 28.9. The van der Waals surface area contributed by atoms with Gasteiger partial charge < -0.3 is 31.1 Å². The Bertz CT molecular complexity index is 1250. The number of alkyl carbamates (subject to hydrolysis) is 1. The molecular formula is C31H38N4O6. The molecule has 10 nitrogen and oxygen atoms in total. The Labute approximate surface area is 239 Å². The second kappa shape index (κ2) is 12.7. The number of nitrogens with one attached hydrogen (secondary N) is 4. The van der Waals surface area contributed by atoms with Gasteiger partial charge in [-0.2, -0.15) is 0 Å². The van der Waals surface area contributed by atoms with Gasteiger partial charge in [-0.3, -0.25) is 14.4 Å². The summed E-state index contributed by atoms with van der Waals surface area (Å²) in [5.74, 6) is -1.83. The third kappa shape index (κ3) is 6.70. The third-order valence-corrected chi connectivity index (χ3v) is 8.13. The fourth-order valence-electron chi connectivity index (χ4n) is 5.76. The van der Waals surface area contributed by atoms with Gasteiger partial charge >= 0.3 is 6.09 Å². The van der Waals surface area contributed by atoms with E-state index in [1.807, 2.05) is 43.3 Å². The standard InChI is InChI=1S/C31H38N4O6/c1-2-7-25(29(38)34-26(16-18-14-15-32-28(18)37)27(36)30(39)33-19-12-13-19)35-31(40)41-17-24-22-10-5-3-8-20(22)21-9-4-6-11-23(21)24/h3-6,8-11,18-19,24-27,36H,2,7,12-17H2,1H3,(H,32,37)(H,33,39)(H,34,38)(H,35,40)/t18-,25-,26-,27?/m0/s1. The monoisotopic (exact) mass is 562 g/mol. The van der Waals surface area contributed by atoms with Crippen LogP contribution in [0.4, 0.5) is 4.79 Å². The van der Waals surface area contributed by atoms with Crippen LogP contribution < -0.4 is 21.3 Å². The van der Waals surface area contributed by atoms with Crippen molar-refractivity contribution in [3.05, 3.63) is 59.7 Å². The fraction of sp³-hybridized carbons (Fsp3) is 0.484. The van der Waals surface area contributed by atoms with Crippen molar-refractivity contribution in [1.82, 2.24) is 21.3 Å². The molecule has 5 rings (SSSR count). The summed E-state index contributed by atoms with van der Waals surface area (Å²) in [6.45, 7) is 2.51. The molecule has 0 bridgehead atoms. The molecular weight excluding hydrogens is 524 g/mol. The van der Waals surface area contributed by atoms with Crippen molar-refractivity contribution in [3.63, 3.8) is 0 Å². The molecule has 2 aromatic carbocycles. The summed E-state index contributed by atoms with van der Waals surface area (Å²) >= 11 is 0. The Kier molecular flexibility index (Phi) is 8.87. The van der Waals surface area contributed by atoms with Crippen molar-refractivity contribution in [2.24, 2.45) is 5.92 Å². The minimum absolute atomic E-state index is 0.0337. The predicted molar refractivity (Wildman–Crippen MR) is 152 cm³/mol. The second-order valence-electron chi connectivity index (χ2n) is 11.2. The summed E-state index contributed by atoms with van der Waals surface area (Å²) in [6, 6.07) is 14.2. The lowest BCUT2D eigenvalue weighted by Crippen LogP contribution is -2.56. The maximum atomic E-state index is 13.4. The average molecular weight is 563 g/mol. The van der Waals surface area contributed by atoms with Crippen LogP contribution in [0.5, 0.6) is 0 Å². The summed E-state index contributed by atoms with van der Waals surface area (Å²) in [4.78, 5) is 51.1. The number of rotatable bonds is 12. The fourth-order valence-corrected chi connectivity index (χ4v) is 5.76. The quantitative estimate of drug-likeness (QED) is 0.269. The molecule has 10 heteroatoms. The van der Waals surface area contributed by atoms with Gasteiger partial charge in [0.05, 0.1) is 6.04 Å². The zero-order valence-electron chi connectivity index (χ0n) is 23.2. The van der Waals surface area contributed by atoms with E-state index in [1.54, 1.807) is 0 Å². The van der Waals surface area contributed by atoms with Crippen molar-refractivity contribution in [1.29, 1.82) is 0 Å². The smallest absolute Gasteiger partial charge is 0.407 e. The number of aliphatic hydroxyl groups is 1. The van der Waals surface area contributed by atoms with Gasteiger partial charge in [-0.05, 0) is 54.4 Å². The van der Waals surface area contributed by atoms with Crippen LogP contribution in [0.1, 0.15) is 62.5 Å². The Morgan fingerprint density at radius 1 is 0.976 bits per heavy atom. The van der Waals surface area contributed by atoms with E-state index >= 15 is 0 Å². The van der Waals surface area contributed by atoms with Crippen LogP contribution in [-0.4, -0.2) is 66.3 Å². The number of carbonyl (C=O) groups is 4. The molecule has 1 aliphatic heterocycles. The molecule has 4 amide bonds. The van der Waals surface area contributed by atoms with Gasteiger partial charge in [0, 0.05) is 24.4 Å². The highest BCUT2D eigenvalue weighted by Crippen LogP contribution is 2.44. The Morgan fingerprint density at radius 2 is 1.63 bits per heavy atom. The van der Waals surface area contributed by atoms with E-state index in [0.29, 0.717) is 25.8 Å². The Morgan fingerprint density at radius 3 is 2.22 bits per heavy atom. The van der Waals surface area contributed by atoms with Gasteiger partial charge in [0.25, 0.3) is 5.91 Å². The number of benzene rings is 2. The van der Waals surface area contributed by atoms with Gasteiger partial charge in [0.15, 0.2) is 6.10 Å². The second-order valence-corrected chi connectivity index (χ2v) is 11.2. The normalized spacial score (nSPS) is 19.8. The minimum atomic E-state index is -1.52. The van der Waals surface area contributed by atoms with Crippen molar-refractivity contribution in [3.8, 4) is 11.1 Å². The topological polar surface area (TPSA) is 146 Å². The molecule has 1 saturated carbocycles. The zero-order valence-corrected chi connectivity index (χ0v) is 23.2. The number of carbonyl (C=O) groups excluding carboxylic acids is 4. The SMILES string of the molecule is CCC[C@H](NC(=O)OCC1c2ccccc2-c2ccccc21)C(=O)N[C@@H](C[C@@H]1CCNC1=O)C(O)C(=O)NC1CC1.